The van der Waals surface area contributed by atoms with E-state index in [4.69, 9.17) is 15.2 Å². The summed E-state index contributed by atoms with van der Waals surface area (Å²) in [5, 5.41) is 2.88. The van der Waals surface area contributed by atoms with Crippen molar-refractivity contribution in [3.63, 3.8) is 0 Å². The van der Waals surface area contributed by atoms with Crippen molar-refractivity contribution in [1.29, 1.82) is 0 Å². The fourth-order valence-corrected chi connectivity index (χ4v) is 2.58. The van der Waals surface area contributed by atoms with E-state index in [0.717, 1.165) is 30.8 Å². The standard InChI is InChI=1S/C15H20N2O3/c16-15(6-3-7-15)8-14(18)17-9-11-10-19-12-4-1-2-5-13(12)20-11/h1-2,4-5,11H,3,6-10,16H2,(H,17,18). The number of para-hydroxylation sites is 2. The van der Waals surface area contributed by atoms with Crippen LogP contribution in [0.3, 0.4) is 0 Å². The first kappa shape index (κ1) is 13.2. The van der Waals surface area contributed by atoms with Gasteiger partial charge in [-0.1, -0.05) is 12.1 Å². The number of fused-ring (bicyclic) bond motifs is 1. The van der Waals surface area contributed by atoms with Crippen molar-refractivity contribution in [3.05, 3.63) is 24.3 Å². The van der Waals surface area contributed by atoms with Crippen LogP contribution in [-0.4, -0.2) is 30.7 Å². The van der Waals surface area contributed by atoms with Crippen molar-refractivity contribution < 1.29 is 14.3 Å². The number of hydrogen-bond donors (Lipinski definition) is 2. The molecule has 0 aromatic heterocycles. The van der Waals surface area contributed by atoms with Crippen molar-refractivity contribution in [2.24, 2.45) is 5.73 Å². The Morgan fingerprint density at radius 3 is 2.80 bits per heavy atom. The van der Waals surface area contributed by atoms with Crippen LogP contribution >= 0.6 is 0 Å². The topological polar surface area (TPSA) is 73.6 Å². The first-order valence-corrected chi connectivity index (χ1v) is 7.09. The molecule has 0 bridgehead atoms. The van der Waals surface area contributed by atoms with E-state index in [1.165, 1.54) is 0 Å². The molecule has 5 heteroatoms. The van der Waals surface area contributed by atoms with Crippen LogP contribution in [0.15, 0.2) is 24.3 Å². The van der Waals surface area contributed by atoms with E-state index in [9.17, 15) is 4.79 Å². The Balaban J connectivity index is 1.46. The van der Waals surface area contributed by atoms with E-state index < -0.39 is 0 Å². The maximum Gasteiger partial charge on any atom is 0.221 e. The van der Waals surface area contributed by atoms with Crippen molar-refractivity contribution in [3.8, 4) is 11.5 Å². The number of carbonyl (C=O) groups is 1. The summed E-state index contributed by atoms with van der Waals surface area (Å²) in [5.41, 5.74) is 5.78. The molecule has 0 radical (unpaired) electrons. The number of ether oxygens (including phenoxy) is 2. The molecule has 1 aromatic rings. The molecule has 1 saturated carbocycles. The minimum atomic E-state index is -0.277. The molecule has 1 heterocycles. The summed E-state index contributed by atoms with van der Waals surface area (Å²) >= 11 is 0. The van der Waals surface area contributed by atoms with Crippen LogP contribution in [-0.2, 0) is 4.79 Å². The van der Waals surface area contributed by atoms with E-state index in [1.807, 2.05) is 24.3 Å². The summed E-state index contributed by atoms with van der Waals surface area (Å²) in [6.45, 7) is 0.897. The van der Waals surface area contributed by atoms with Gasteiger partial charge in [-0.05, 0) is 31.4 Å². The van der Waals surface area contributed by atoms with Gasteiger partial charge in [-0.3, -0.25) is 4.79 Å². The molecular weight excluding hydrogens is 256 g/mol. The Bertz CT molecular complexity index is 500. The first-order chi connectivity index (χ1) is 9.65. The van der Waals surface area contributed by atoms with Gasteiger partial charge in [0.25, 0.3) is 0 Å². The van der Waals surface area contributed by atoms with Crippen LogP contribution in [0.4, 0.5) is 0 Å². The van der Waals surface area contributed by atoms with Gasteiger partial charge in [-0.2, -0.15) is 0 Å². The van der Waals surface area contributed by atoms with Gasteiger partial charge < -0.3 is 20.5 Å². The number of hydrogen-bond acceptors (Lipinski definition) is 4. The molecular formula is C15H20N2O3. The van der Waals surface area contributed by atoms with Crippen LogP contribution in [0.5, 0.6) is 11.5 Å². The van der Waals surface area contributed by atoms with E-state index in [-0.39, 0.29) is 17.6 Å². The zero-order valence-electron chi connectivity index (χ0n) is 11.4. The third-order valence-electron chi connectivity index (χ3n) is 3.96. The van der Waals surface area contributed by atoms with E-state index >= 15 is 0 Å². The predicted octanol–water partition coefficient (Wildman–Crippen LogP) is 1.21. The second kappa shape index (κ2) is 5.32. The monoisotopic (exact) mass is 276 g/mol. The number of amides is 1. The van der Waals surface area contributed by atoms with Crippen molar-refractivity contribution in [2.75, 3.05) is 13.2 Å². The predicted molar refractivity (Wildman–Crippen MR) is 74.7 cm³/mol. The van der Waals surface area contributed by atoms with Gasteiger partial charge in [0.1, 0.15) is 12.7 Å². The zero-order valence-corrected chi connectivity index (χ0v) is 11.4. The van der Waals surface area contributed by atoms with Crippen LogP contribution in [0, 0.1) is 0 Å². The maximum absolute atomic E-state index is 11.9. The summed E-state index contributed by atoms with van der Waals surface area (Å²) in [6.07, 6.45) is 3.26. The number of rotatable bonds is 4. The average molecular weight is 276 g/mol. The van der Waals surface area contributed by atoms with E-state index in [2.05, 4.69) is 5.32 Å². The average Bonchev–Trinajstić information content (AvgIpc) is 2.43. The Hall–Kier alpha value is -1.75. The van der Waals surface area contributed by atoms with Gasteiger partial charge in [-0.15, -0.1) is 0 Å². The molecule has 1 atom stereocenters. The highest BCUT2D eigenvalue weighted by Crippen LogP contribution is 2.32. The molecule has 1 aromatic carbocycles. The minimum Gasteiger partial charge on any atom is -0.486 e. The quantitative estimate of drug-likeness (QED) is 0.867. The van der Waals surface area contributed by atoms with Gasteiger partial charge in [0.15, 0.2) is 11.5 Å². The lowest BCUT2D eigenvalue weighted by molar-refractivity contribution is -0.123. The van der Waals surface area contributed by atoms with Gasteiger partial charge in [0.05, 0.1) is 6.54 Å². The third-order valence-corrected chi connectivity index (χ3v) is 3.96. The molecule has 1 fully saturated rings. The molecule has 3 N–H and O–H groups in total. The Kier molecular flexibility index (Phi) is 3.53. The van der Waals surface area contributed by atoms with E-state index in [1.54, 1.807) is 0 Å². The lowest BCUT2D eigenvalue weighted by Crippen LogP contribution is -2.51. The normalized spacial score (nSPS) is 22.8. The van der Waals surface area contributed by atoms with Gasteiger partial charge in [0, 0.05) is 12.0 Å². The Morgan fingerprint density at radius 1 is 1.35 bits per heavy atom. The summed E-state index contributed by atoms with van der Waals surface area (Å²) < 4.78 is 11.4. The second-order valence-corrected chi connectivity index (χ2v) is 5.69. The SMILES string of the molecule is NC1(CC(=O)NCC2COc3ccccc3O2)CCC1. The number of benzene rings is 1. The molecule has 20 heavy (non-hydrogen) atoms. The van der Waals surface area contributed by atoms with Gasteiger partial charge >= 0.3 is 0 Å². The molecule has 1 aliphatic carbocycles. The molecule has 2 aliphatic rings. The largest absolute Gasteiger partial charge is 0.486 e. The molecule has 5 nitrogen and oxygen atoms in total. The van der Waals surface area contributed by atoms with Gasteiger partial charge in [-0.25, -0.2) is 0 Å². The van der Waals surface area contributed by atoms with Crippen molar-refractivity contribution >= 4 is 5.91 Å². The number of nitrogens with one attached hydrogen (secondary N) is 1. The van der Waals surface area contributed by atoms with Crippen molar-refractivity contribution in [2.45, 2.75) is 37.3 Å². The highest BCUT2D eigenvalue weighted by atomic mass is 16.6. The molecule has 1 amide bonds. The number of nitrogens with two attached hydrogens (primary N) is 1. The van der Waals surface area contributed by atoms with Crippen LogP contribution in [0.2, 0.25) is 0 Å². The molecule has 0 saturated heterocycles. The summed E-state index contributed by atoms with van der Waals surface area (Å²) in [5.74, 6) is 1.48. The van der Waals surface area contributed by atoms with Crippen LogP contribution < -0.4 is 20.5 Å². The van der Waals surface area contributed by atoms with E-state index in [0.29, 0.717) is 19.6 Å². The minimum absolute atomic E-state index is 0.00495. The zero-order chi connectivity index (χ0) is 14.0. The summed E-state index contributed by atoms with van der Waals surface area (Å²) in [4.78, 5) is 11.9. The lowest BCUT2D eigenvalue weighted by atomic mass is 9.75. The highest BCUT2D eigenvalue weighted by molar-refractivity contribution is 5.77. The Morgan fingerprint density at radius 2 is 2.10 bits per heavy atom. The summed E-state index contributed by atoms with van der Waals surface area (Å²) in [7, 11) is 0. The fourth-order valence-electron chi connectivity index (χ4n) is 2.58. The highest BCUT2D eigenvalue weighted by Gasteiger charge is 2.34. The molecule has 1 unspecified atom stereocenters. The number of carbonyl (C=O) groups excluding carboxylic acids is 1. The van der Waals surface area contributed by atoms with Gasteiger partial charge in [0.2, 0.25) is 5.91 Å². The van der Waals surface area contributed by atoms with Crippen molar-refractivity contribution in [1.82, 2.24) is 5.32 Å². The van der Waals surface area contributed by atoms with Crippen LogP contribution in [0.25, 0.3) is 0 Å². The second-order valence-electron chi connectivity index (χ2n) is 5.69. The first-order valence-electron chi connectivity index (χ1n) is 7.09. The third kappa shape index (κ3) is 2.88. The Labute approximate surface area is 118 Å². The maximum atomic E-state index is 11.9. The molecule has 1 aliphatic heterocycles. The summed E-state index contributed by atoms with van der Waals surface area (Å²) in [6, 6.07) is 7.55. The smallest absolute Gasteiger partial charge is 0.221 e. The molecule has 0 spiro atoms. The fraction of sp³-hybridized carbons (Fsp3) is 0.533. The molecule has 108 valence electrons. The van der Waals surface area contributed by atoms with Crippen LogP contribution in [0.1, 0.15) is 25.7 Å². The lowest BCUT2D eigenvalue weighted by Gasteiger charge is -2.37. The molecule has 3 rings (SSSR count).